The predicted molar refractivity (Wildman–Crippen MR) is 334 cm³/mol. The Morgan fingerprint density at radius 3 is 1.41 bits per heavy atom. The maximum Gasteiger partial charge on any atom is 0.137 e. The van der Waals surface area contributed by atoms with Crippen LogP contribution in [-0.4, -0.2) is 16.2 Å². The third-order valence-electron chi connectivity index (χ3n) is 16.4. The maximum absolute atomic E-state index is 7.23. The van der Waals surface area contributed by atoms with Crippen molar-refractivity contribution in [2.24, 2.45) is 10.8 Å². The van der Waals surface area contributed by atoms with Crippen molar-refractivity contribution in [3.8, 4) is 39.6 Å². The summed E-state index contributed by atoms with van der Waals surface area (Å²) in [7, 11) is 0. The first kappa shape index (κ1) is 52.9. The van der Waals surface area contributed by atoms with E-state index in [1.165, 1.54) is 61.4 Å². The maximum atomic E-state index is 7.23. The van der Waals surface area contributed by atoms with Crippen LogP contribution in [0.2, 0.25) is 0 Å². The fourth-order valence-corrected chi connectivity index (χ4v) is 11.9. The first-order valence-corrected chi connectivity index (χ1v) is 28.1. The lowest BCUT2D eigenvalue weighted by Crippen LogP contribution is -2.32. The molecule has 0 atom stereocenters. The van der Waals surface area contributed by atoms with Crippen LogP contribution in [0.25, 0.3) is 49.9 Å². The van der Waals surface area contributed by atoms with Gasteiger partial charge in [0.2, 0.25) is 0 Å². The van der Waals surface area contributed by atoms with Crippen molar-refractivity contribution in [1.82, 2.24) is 9.55 Å². The molecule has 0 saturated heterocycles. The van der Waals surface area contributed by atoms with Gasteiger partial charge in [-0.05, 0) is 116 Å². The molecule has 79 heavy (non-hydrogen) atoms. The summed E-state index contributed by atoms with van der Waals surface area (Å²) < 4.78 is 9.54. The number of aromatic nitrogens is 2. The van der Waals surface area contributed by atoms with Crippen molar-refractivity contribution in [2.45, 2.75) is 106 Å². The summed E-state index contributed by atoms with van der Waals surface area (Å²) in [6.07, 6.45) is 1.94. The van der Waals surface area contributed by atoms with Crippen molar-refractivity contribution in [2.75, 3.05) is 16.5 Å². The predicted octanol–water partition coefficient (Wildman–Crippen LogP) is 19.8. The van der Waals surface area contributed by atoms with Gasteiger partial charge in [0, 0.05) is 73.5 Å². The Morgan fingerprint density at radius 2 is 0.873 bits per heavy atom. The van der Waals surface area contributed by atoms with Crippen LogP contribution >= 0.6 is 0 Å². The third-order valence-corrected chi connectivity index (χ3v) is 16.4. The van der Waals surface area contributed by atoms with E-state index in [4.69, 9.17) is 9.72 Å². The second-order valence-corrected chi connectivity index (χ2v) is 25.9. The van der Waals surface area contributed by atoms with Crippen LogP contribution in [-0.2, 0) is 16.2 Å². The topological polar surface area (TPSA) is 33.5 Å². The molecule has 10 aromatic rings. The smallest absolute Gasteiger partial charge is 0.137 e. The van der Waals surface area contributed by atoms with E-state index >= 15 is 0 Å². The number of hydrogen-bond donors (Lipinski definition) is 0. The van der Waals surface area contributed by atoms with Crippen molar-refractivity contribution >= 4 is 33.2 Å². The molecule has 11 rings (SSSR count). The third kappa shape index (κ3) is 10.2. The molecule has 0 aliphatic carbocycles. The van der Waals surface area contributed by atoms with Crippen LogP contribution < -0.4 is 14.5 Å². The van der Waals surface area contributed by atoms with Gasteiger partial charge in [-0.2, -0.15) is 0 Å². The summed E-state index contributed by atoms with van der Waals surface area (Å²) in [6.45, 7) is 31.1. The van der Waals surface area contributed by atoms with Crippen molar-refractivity contribution < 1.29 is 4.74 Å². The van der Waals surface area contributed by atoms with Crippen molar-refractivity contribution in [1.29, 1.82) is 0 Å². The molecule has 2 aromatic heterocycles. The molecule has 0 radical (unpaired) electrons. The number of allylic oxidation sites excluding steroid dienone is 2. The molecule has 0 unspecified atom stereocenters. The largest absolute Gasteiger partial charge is 0.457 e. The van der Waals surface area contributed by atoms with Gasteiger partial charge < -0.3 is 14.5 Å². The molecule has 3 heterocycles. The molecule has 0 amide bonds. The number of hydrogen-bond acceptors (Lipinski definition) is 4. The van der Waals surface area contributed by atoms with E-state index in [0.717, 1.165) is 50.6 Å². The van der Waals surface area contributed by atoms with Crippen LogP contribution in [0.3, 0.4) is 0 Å². The van der Waals surface area contributed by atoms with Gasteiger partial charge in [-0.1, -0.05) is 223 Å². The molecular formula is C74H76N4O. The zero-order valence-electron chi connectivity index (χ0n) is 48.6. The number of nitrogens with zero attached hydrogens (tertiary/aromatic N) is 4. The molecule has 1 aliphatic heterocycles. The number of pyridine rings is 1. The number of rotatable bonds is 11. The molecule has 5 nitrogen and oxygen atoms in total. The highest BCUT2D eigenvalue weighted by Gasteiger charge is 2.43. The van der Waals surface area contributed by atoms with E-state index in [9.17, 15) is 0 Å². The average Bonchev–Trinajstić information content (AvgIpc) is 4.27. The molecule has 0 saturated carbocycles. The monoisotopic (exact) mass is 1040 g/mol. The van der Waals surface area contributed by atoms with Crippen molar-refractivity contribution in [3.63, 3.8) is 0 Å². The van der Waals surface area contributed by atoms with Crippen LogP contribution in [0.5, 0.6) is 11.5 Å². The summed E-state index contributed by atoms with van der Waals surface area (Å²) in [6, 6.07) is 75.2. The Morgan fingerprint density at radius 1 is 0.354 bits per heavy atom. The van der Waals surface area contributed by atoms with Gasteiger partial charge in [0.05, 0.1) is 17.7 Å². The fraction of sp³-hybridized carbons (Fsp3) is 0.257. The first-order chi connectivity index (χ1) is 37.6. The lowest BCUT2D eigenvalue weighted by Gasteiger charge is -2.36. The van der Waals surface area contributed by atoms with Gasteiger partial charge in [0.15, 0.2) is 0 Å². The summed E-state index contributed by atoms with van der Waals surface area (Å²) in [4.78, 5) is 10.2. The van der Waals surface area contributed by atoms with Gasteiger partial charge >= 0.3 is 0 Å². The second-order valence-electron chi connectivity index (χ2n) is 25.9. The van der Waals surface area contributed by atoms with Crippen LogP contribution in [0, 0.1) is 10.8 Å². The van der Waals surface area contributed by atoms with Crippen molar-refractivity contribution in [3.05, 3.63) is 252 Å². The second kappa shape index (κ2) is 19.9. The zero-order chi connectivity index (χ0) is 55.6. The Kier molecular flexibility index (Phi) is 13.4. The Labute approximate surface area is 469 Å². The molecule has 8 aromatic carbocycles. The molecule has 5 heteroatoms. The molecular weight excluding hydrogens is 961 g/mol. The number of benzene rings is 8. The van der Waals surface area contributed by atoms with E-state index < -0.39 is 0 Å². The van der Waals surface area contributed by atoms with Crippen LogP contribution in [0.15, 0.2) is 224 Å². The van der Waals surface area contributed by atoms with Gasteiger partial charge in [-0.15, -0.1) is 0 Å². The highest BCUT2D eigenvalue weighted by molar-refractivity contribution is 6.10. The zero-order valence-corrected chi connectivity index (χ0v) is 48.6. The Hall–Kier alpha value is -8.15. The molecule has 0 bridgehead atoms. The average molecular weight is 1040 g/mol. The minimum Gasteiger partial charge on any atom is -0.457 e. The van der Waals surface area contributed by atoms with E-state index in [1.807, 2.05) is 6.20 Å². The Bertz CT molecular complexity index is 3810. The Balaban J connectivity index is 1.07. The SMILES string of the molecule is CC(C)(C)C1=C(C(C)(C)C)N(c2cc(C(C)(C)c3ccccc3)cc(C(C)(C)c3ccccc3)c2)CN1c1cc(Oc2ccc3c4cc(-c5ccccc5)ccc4n(-c4cc(C(C)(C)C)ccn4)c3c2)cc(-c2ccccc2)c1. The molecule has 0 spiro atoms. The van der Waals surface area contributed by atoms with Gasteiger partial charge in [-0.25, -0.2) is 4.98 Å². The van der Waals surface area contributed by atoms with Gasteiger partial charge in [0.25, 0.3) is 0 Å². The minimum atomic E-state index is -0.275. The minimum absolute atomic E-state index is 0.0553. The fourth-order valence-electron chi connectivity index (χ4n) is 11.9. The van der Waals surface area contributed by atoms with E-state index in [1.54, 1.807) is 0 Å². The van der Waals surface area contributed by atoms with E-state index in [0.29, 0.717) is 6.67 Å². The van der Waals surface area contributed by atoms with E-state index in [-0.39, 0.29) is 27.1 Å². The standard InChI is InChI=1S/C74H76N4O/c1-70(2,3)56-38-39-75-67(46-56)78-65-37-34-52(50-26-18-14-19-27-50)42-64(65)63-36-35-61(48-66(63)78)79-62-41-53(51-28-20-15-21-29-51)40-59(47-62)76-49-77(69(72(7,8)9)68(76)71(4,5)6)60-44-57(73(10,11)54-30-22-16-23-31-54)43-58(45-60)74(12,13)55-32-24-17-25-33-55/h14-48H,49H2,1-13H3. The number of anilines is 2. The van der Waals surface area contributed by atoms with Crippen LogP contribution in [0.4, 0.5) is 11.4 Å². The highest BCUT2D eigenvalue weighted by atomic mass is 16.5. The summed E-state index contributed by atoms with van der Waals surface area (Å²) in [5, 5.41) is 2.30. The summed E-state index contributed by atoms with van der Waals surface area (Å²) in [5.74, 6) is 2.39. The van der Waals surface area contributed by atoms with E-state index in [2.05, 4.69) is 311 Å². The van der Waals surface area contributed by atoms with Gasteiger partial charge in [-0.3, -0.25) is 4.57 Å². The normalized spacial score (nSPS) is 13.7. The summed E-state index contributed by atoms with van der Waals surface area (Å²) in [5.41, 5.74) is 16.8. The lowest BCUT2D eigenvalue weighted by atomic mass is 9.73. The first-order valence-electron chi connectivity index (χ1n) is 28.1. The number of ether oxygens (including phenoxy) is 1. The molecule has 0 fully saturated rings. The highest BCUT2D eigenvalue weighted by Crippen LogP contribution is 2.51. The number of fused-ring (bicyclic) bond motifs is 3. The lowest BCUT2D eigenvalue weighted by molar-refractivity contribution is 0.444. The molecule has 1 aliphatic rings. The van der Waals surface area contributed by atoms with Crippen LogP contribution in [0.1, 0.15) is 118 Å². The van der Waals surface area contributed by atoms with Gasteiger partial charge in [0.1, 0.15) is 17.3 Å². The molecule has 0 N–H and O–H groups in total. The summed E-state index contributed by atoms with van der Waals surface area (Å²) >= 11 is 0. The molecule has 398 valence electrons. The quantitative estimate of drug-likeness (QED) is 0.129.